The number of ether oxygens (including phenoxy) is 1. The van der Waals surface area contributed by atoms with Crippen LogP contribution in [0.2, 0.25) is 0 Å². The highest BCUT2D eigenvalue weighted by atomic mass is 16.5. The topological polar surface area (TPSA) is 131 Å². The number of carbonyl (C=O) groups is 3. The van der Waals surface area contributed by atoms with Crippen LogP contribution in [0, 0.1) is 5.92 Å². The number of carbonyl (C=O) groups excluding carboxylic acids is 2. The summed E-state index contributed by atoms with van der Waals surface area (Å²) in [6, 6.07) is -1.23. The van der Waals surface area contributed by atoms with Crippen molar-refractivity contribution in [3.8, 4) is 0 Å². The fourth-order valence-electron chi connectivity index (χ4n) is 2.10. The molecule has 0 bridgehead atoms. The average molecular weight is 287 g/mol. The molecule has 0 aromatic heterocycles. The molecule has 0 aromatic rings. The molecule has 1 aliphatic rings. The van der Waals surface area contributed by atoms with E-state index in [2.05, 4.69) is 10.6 Å². The molecule has 1 aliphatic heterocycles. The van der Waals surface area contributed by atoms with Gasteiger partial charge in [0.1, 0.15) is 6.04 Å². The van der Waals surface area contributed by atoms with Gasteiger partial charge >= 0.3 is 5.97 Å². The van der Waals surface area contributed by atoms with Crippen molar-refractivity contribution in [3.63, 3.8) is 0 Å². The third-order valence-corrected chi connectivity index (χ3v) is 3.18. The molecule has 8 heteroatoms. The standard InChI is InChI=1S/C12H21N3O5/c1-2-14-9-6-20-5-7(9)11(17)15-8(12(18)19)3-4-10(13)16/h7-9,14H,2-6H2,1H3,(H2,13,16)(H,15,17)(H,18,19)/t7?,8-,9?/m0/s1. The van der Waals surface area contributed by atoms with Gasteiger partial charge in [-0.1, -0.05) is 6.92 Å². The second-order valence-electron chi connectivity index (χ2n) is 4.71. The lowest BCUT2D eigenvalue weighted by atomic mass is 10.0. The molecule has 2 unspecified atom stereocenters. The summed E-state index contributed by atoms with van der Waals surface area (Å²) in [6.07, 6.45) is -0.106. The normalized spacial score (nSPS) is 23.2. The van der Waals surface area contributed by atoms with Crippen LogP contribution in [-0.2, 0) is 19.1 Å². The van der Waals surface area contributed by atoms with Gasteiger partial charge in [0.05, 0.1) is 19.1 Å². The molecule has 0 aromatic carbocycles. The van der Waals surface area contributed by atoms with Gasteiger partial charge in [-0.05, 0) is 13.0 Å². The zero-order chi connectivity index (χ0) is 15.1. The maximum Gasteiger partial charge on any atom is 0.326 e. The number of nitrogens with one attached hydrogen (secondary N) is 2. The molecule has 8 nitrogen and oxygen atoms in total. The summed E-state index contributed by atoms with van der Waals surface area (Å²) in [5, 5.41) is 14.6. The average Bonchev–Trinajstić information content (AvgIpc) is 2.82. The van der Waals surface area contributed by atoms with Gasteiger partial charge in [0.25, 0.3) is 0 Å². The Labute approximate surface area is 117 Å². The minimum Gasteiger partial charge on any atom is -0.480 e. The second-order valence-corrected chi connectivity index (χ2v) is 4.71. The maximum atomic E-state index is 12.1. The quantitative estimate of drug-likeness (QED) is 0.427. The first kappa shape index (κ1) is 16.4. The predicted molar refractivity (Wildman–Crippen MR) is 69.8 cm³/mol. The number of hydrogen-bond donors (Lipinski definition) is 4. The van der Waals surface area contributed by atoms with Crippen molar-refractivity contribution in [3.05, 3.63) is 0 Å². The van der Waals surface area contributed by atoms with Crippen LogP contribution in [0.15, 0.2) is 0 Å². The molecule has 0 aliphatic carbocycles. The van der Waals surface area contributed by atoms with E-state index in [1.54, 1.807) is 0 Å². The third kappa shape index (κ3) is 4.78. The van der Waals surface area contributed by atoms with Crippen molar-refractivity contribution >= 4 is 17.8 Å². The molecule has 1 fully saturated rings. The van der Waals surface area contributed by atoms with Gasteiger partial charge in [-0.15, -0.1) is 0 Å². The van der Waals surface area contributed by atoms with E-state index < -0.39 is 23.8 Å². The molecule has 1 heterocycles. The van der Waals surface area contributed by atoms with Gasteiger partial charge in [-0.2, -0.15) is 0 Å². The Balaban J connectivity index is 2.56. The van der Waals surface area contributed by atoms with Gasteiger partial charge in [-0.25, -0.2) is 4.79 Å². The Hall–Kier alpha value is -1.67. The van der Waals surface area contributed by atoms with Crippen molar-refractivity contribution in [1.82, 2.24) is 10.6 Å². The summed E-state index contributed by atoms with van der Waals surface area (Å²) in [4.78, 5) is 33.8. The molecule has 20 heavy (non-hydrogen) atoms. The largest absolute Gasteiger partial charge is 0.480 e. The monoisotopic (exact) mass is 287 g/mol. The van der Waals surface area contributed by atoms with Gasteiger partial charge < -0.3 is 26.2 Å². The molecule has 1 rings (SSSR count). The van der Waals surface area contributed by atoms with Crippen LogP contribution >= 0.6 is 0 Å². The maximum absolute atomic E-state index is 12.1. The third-order valence-electron chi connectivity index (χ3n) is 3.18. The molecular weight excluding hydrogens is 266 g/mol. The lowest BCUT2D eigenvalue weighted by Crippen LogP contribution is -2.49. The Bertz CT molecular complexity index is 374. The minimum absolute atomic E-state index is 0.0180. The molecule has 5 N–H and O–H groups in total. The molecule has 0 saturated carbocycles. The fraction of sp³-hybridized carbons (Fsp3) is 0.750. The lowest BCUT2D eigenvalue weighted by Gasteiger charge is -2.20. The molecule has 1 saturated heterocycles. The van der Waals surface area contributed by atoms with E-state index >= 15 is 0 Å². The number of carboxylic acids is 1. The van der Waals surface area contributed by atoms with E-state index in [4.69, 9.17) is 15.6 Å². The number of rotatable bonds is 8. The summed E-state index contributed by atoms with van der Waals surface area (Å²) in [6.45, 7) is 3.29. The first-order valence-corrected chi connectivity index (χ1v) is 6.58. The zero-order valence-corrected chi connectivity index (χ0v) is 11.4. The van der Waals surface area contributed by atoms with Crippen LogP contribution in [0.1, 0.15) is 19.8 Å². The summed E-state index contributed by atoms with van der Waals surface area (Å²) in [5.41, 5.74) is 4.98. The lowest BCUT2D eigenvalue weighted by molar-refractivity contribution is -0.143. The predicted octanol–water partition coefficient (Wildman–Crippen LogP) is -1.55. The van der Waals surface area contributed by atoms with E-state index in [0.717, 1.165) is 0 Å². The number of hydrogen-bond acceptors (Lipinski definition) is 5. The summed E-state index contributed by atoms with van der Waals surface area (Å²) >= 11 is 0. The van der Waals surface area contributed by atoms with Crippen LogP contribution in [-0.4, -0.2) is 54.7 Å². The fourth-order valence-corrected chi connectivity index (χ4v) is 2.10. The summed E-state index contributed by atoms with van der Waals surface area (Å²) in [5.74, 6) is -2.59. The Kier molecular flexibility index (Phi) is 6.40. The van der Waals surface area contributed by atoms with Gasteiger partial charge in [0.2, 0.25) is 11.8 Å². The van der Waals surface area contributed by atoms with Crippen LogP contribution in [0.3, 0.4) is 0 Å². The second kappa shape index (κ2) is 7.81. The van der Waals surface area contributed by atoms with Crippen LogP contribution in [0.25, 0.3) is 0 Å². The Morgan fingerprint density at radius 2 is 2.10 bits per heavy atom. The molecule has 3 atom stereocenters. The highest BCUT2D eigenvalue weighted by Crippen LogP contribution is 2.14. The van der Waals surface area contributed by atoms with Crippen LogP contribution in [0.4, 0.5) is 0 Å². The molecule has 0 radical (unpaired) electrons. The zero-order valence-electron chi connectivity index (χ0n) is 11.4. The summed E-state index contributed by atoms with van der Waals surface area (Å²) in [7, 11) is 0. The van der Waals surface area contributed by atoms with Crippen molar-refractivity contribution in [2.45, 2.75) is 31.8 Å². The number of nitrogens with two attached hydrogens (primary N) is 1. The van der Waals surface area contributed by atoms with Crippen molar-refractivity contribution in [2.24, 2.45) is 11.7 Å². The highest BCUT2D eigenvalue weighted by molar-refractivity contribution is 5.86. The van der Waals surface area contributed by atoms with E-state index in [1.165, 1.54) is 0 Å². The van der Waals surface area contributed by atoms with Crippen molar-refractivity contribution in [2.75, 3.05) is 19.8 Å². The van der Waals surface area contributed by atoms with Gasteiger partial charge in [-0.3, -0.25) is 9.59 Å². The molecule has 114 valence electrons. The Morgan fingerprint density at radius 1 is 1.40 bits per heavy atom. The van der Waals surface area contributed by atoms with E-state index in [1.807, 2.05) is 6.92 Å². The molecule has 2 amide bonds. The van der Waals surface area contributed by atoms with E-state index in [9.17, 15) is 14.4 Å². The van der Waals surface area contributed by atoms with Crippen LogP contribution in [0.5, 0.6) is 0 Å². The number of likely N-dealkylation sites (N-methyl/N-ethyl adjacent to an activating group) is 1. The highest BCUT2D eigenvalue weighted by Gasteiger charge is 2.35. The number of amides is 2. The van der Waals surface area contributed by atoms with Crippen molar-refractivity contribution in [1.29, 1.82) is 0 Å². The number of aliphatic carboxylic acids is 1. The first-order valence-electron chi connectivity index (χ1n) is 6.58. The van der Waals surface area contributed by atoms with Crippen molar-refractivity contribution < 1.29 is 24.2 Å². The number of primary amides is 1. The smallest absolute Gasteiger partial charge is 0.326 e. The van der Waals surface area contributed by atoms with E-state index in [-0.39, 0.29) is 31.4 Å². The molecule has 0 spiro atoms. The SMILES string of the molecule is CCNC1COCC1C(=O)N[C@@H](CCC(N)=O)C(=O)O. The first-order chi connectivity index (χ1) is 9.45. The summed E-state index contributed by atoms with van der Waals surface area (Å²) < 4.78 is 5.24. The number of carboxylic acid groups (broad SMARTS) is 1. The molecular formula is C12H21N3O5. The minimum atomic E-state index is -1.18. The van der Waals surface area contributed by atoms with Crippen LogP contribution < -0.4 is 16.4 Å². The van der Waals surface area contributed by atoms with Gasteiger partial charge in [0, 0.05) is 12.5 Å². The van der Waals surface area contributed by atoms with Gasteiger partial charge in [0.15, 0.2) is 0 Å². The Morgan fingerprint density at radius 3 is 2.65 bits per heavy atom. The van der Waals surface area contributed by atoms with E-state index in [0.29, 0.717) is 13.2 Å².